The molecule has 0 spiro atoms. The highest BCUT2D eigenvalue weighted by Crippen LogP contribution is 2.44. The molecule has 0 aliphatic heterocycles. The van der Waals surface area contributed by atoms with Crippen molar-refractivity contribution in [3.63, 3.8) is 0 Å². The third-order valence-electron chi connectivity index (χ3n) is 6.57. The second-order valence-electron chi connectivity index (χ2n) is 8.79. The van der Waals surface area contributed by atoms with E-state index in [1.807, 2.05) is 48.5 Å². The standard InChI is InChI=1S/C27H23FN2O5/c28-16-9-10-24(22(12-16)25(31)29-13-15-11-21(15)26(32)33)30-27(34)35-14-23-19-7-3-1-5-17(19)18-6-2-4-8-20(18)23/h1-10,12,15,21,23H,11,13-14H2,(H,29,31)(H,30,34)(H,32,33). The molecular weight excluding hydrogens is 451 g/mol. The fraction of sp³-hybridized carbons (Fsp3) is 0.222. The minimum Gasteiger partial charge on any atom is -0.481 e. The number of halogens is 1. The van der Waals surface area contributed by atoms with Gasteiger partial charge in [-0.15, -0.1) is 0 Å². The maximum absolute atomic E-state index is 13.9. The summed E-state index contributed by atoms with van der Waals surface area (Å²) < 4.78 is 19.4. The van der Waals surface area contributed by atoms with Gasteiger partial charge in [0.2, 0.25) is 0 Å². The molecule has 2 unspecified atom stereocenters. The summed E-state index contributed by atoms with van der Waals surface area (Å²) in [6.07, 6.45) is -0.274. The van der Waals surface area contributed by atoms with E-state index in [9.17, 15) is 18.8 Å². The smallest absolute Gasteiger partial charge is 0.411 e. The largest absolute Gasteiger partial charge is 0.481 e. The van der Waals surface area contributed by atoms with Crippen LogP contribution in [0.4, 0.5) is 14.9 Å². The van der Waals surface area contributed by atoms with E-state index in [1.54, 1.807) is 0 Å². The van der Waals surface area contributed by atoms with Gasteiger partial charge in [-0.05, 0) is 52.8 Å². The Hall–Kier alpha value is -4.20. The van der Waals surface area contributed by atoms with E-state index in [4.69, 9.17) is 9.84 Å². The first-order chi connectivity index (χ1) is 16.9. The topological polar surface area (TPSA) is 105 Å². The van der Waals surface area contributed by atoms with Crippen molar-refractivity contribution in [1.29, 1.82) is 0 Å². The van der Waals surface area contributed by atoms with Crippen LogP contribution < -0.4 is 10.6 Å². The third kappa shape index (κ3) is 4.59. The van der Waals surface area contributed by atoms with Crippen LogP contribution in [0.2, 0.25) is 0 Å². The highest BCUT2D eigenvalue weighted by molar-refractivity contribution is 6.02. The Kier molecular flexibility index (Phi) is 5.94. The van der Waals surface area contributed by atoms with E-state index >= 15 is 0 Å². The number of fused-ring (bicyclic) bond motifs is 3. The van der Waals surface area contributed by atoms with E-state index in [2.05, 4.69) is 10.6 Å². The second kappa shape index (κ2) is 9.21. The molecule has 2 atom stereocenters. The molecule has 0 saturated heterocycles. The van der Waals surface area contributed by atoms with Gasteiger partial charge in [-0.1, -0.05) is 48.5 Å². The van der Waals surface area contributed by atoms with Gasteiger partial charge in [0, 0.05) is 12.5 Å². The Morgan fingerprint density at radius 3 is 2.26 bits per heavy atom. The van der Waals surface area contributed by atoms with Crippen LogP contribution in [0.15, 0.2) is 66.7 Å². The number of rotatable bonds is 7. The van der Waals surface area contributed by atoms with Crippen molar-refractivity contribution in [1.82, 2.24) is 5.32 Å². The van der Waals surface area contributed by atoms with Gasteiger partial charge in [0.1, 0.15) is 12.4 Å². The Morgan fingerprint density at radius 2 is 1.63 bits per heavy atom. The first-order valence-corrected chi connectivity index (χ1v) is 11.3. The molecule has 7 nitrogen and oxygen atoms in total. The number of ether oxygens (including phenoxy) is 1. The zero-order chi connectivity index (χ0) is 24.5. The summed E-state index contributed by atoms with van der Waals surface area (Å²) in [7, 11) is 0. The van der Waals surface area contributed by atoms with Crippen LogP contribution in [0.25, 0.3) is 11.1 Å². The Balaban J connectivity index is 1.25. The van der Waals surface area contributed by atoms with E-state index in [1.165, 1.54) is 6.07 Å². The van der Waals surface area contributed by atoms with E-state index in [0.29, 0.717) is 6.42 Å². The summed E-state index contributed by atoms with van der Waals surface area (Å²) in [5, 5.41) is 14.2. The van der Waals surface area contributed by atoms with Gasteiger partial charge in [-0.3, -0.25) is 14.9 Å². The summed E-state index contributed by atoms with van der Waals surface area (Å²) in [6, 6.07) is 19.4. The Labute approximate surface area is 200 Å². The molecule has 1 saturated carbocycles. The summed E-state index contributed by atoms with van der Waals surface area (Å²) in [6.45, 7) is 0.261. The maximum Gasteiger partial charge on any atom is 0.411 e. The van der Waals surface area contributed by atoms with Crippen LogP contribution in [-0.4, -0.2) is 36.2 Å². The monoisotopic (exact) mass is 474 g/mol. The molecule has 8 heteroatoms. The number of hydrogen-bond donors (Lipinski definition) is 3. The fourth-order valence-electron chi connectivity index (χ4n) is 4.65. The number of benzene rings is 3. The fourth-order valence-corrected chi connectivity index (χ4v) is 4.65. The first kappa shape index (κ1) is 22.6. The predicted octanol–water partition coefficient (Wildman–Crippen LogP) is 4.64. The molecule has 35 heavy (non-hydrogen) atoms. The zero-order valence-corrected chi connectivity index (χ0v) is 18.7. The number of aliphatic carboxylic acids is 1. The van der Waals surface area contributed by atoms with Crippen molar-refractivity contribution in [3.8, 4) is 11.1 Å². The molecule has 2 aliphatic carbocycles. The lowest BCUT2D eigenvalue weighted by Gasteiger charge is -2.16. The SMILES string of the molecule is O=C(Nc1ccc(F)cc1C(=O)NCC1CC1C(=O)O)OCC1c2ccccc2-c2ccccc21. The molecule has 0 heterocycles. The van der Waals surface area contributed by atoms with Crippen molar-refractivity contribution in [2.24, 2.45) is 11.8 Å². The van der Waals surface area contributed by atoms with Gasteiger partial charge in [0.15, 0.2) is 0 Å². The number of carboxylic acids is 1. The van der Waals surface area contributed by atoms with Gasteiger partial charge in [-0.2, -0.15) is 0 Å². The van der Waals surface area contributed by atoms with Gasteiger partial charge in [-0.25, -0.2) is 9.18 Å². The van der Waals surface area contributed by atoms with Crippen LogP contribution in [0.1, 0.15) is 33.8 Å². The second-order valence-corrected chi connectivity index (χ2v) is 8.79. The van der Waals surface area contributed by atoms with Crippen molar-refractivity contribution in [2.45, 2.75) is 12.3 Å². The number of hydrogen-bond acceptors (Lipinski definition) is 4. The van der Waals surface area contributed by atoms with Gasteiger partial charge in [0.05, 0.1) is 17.2 Å². The molecule has 1 fully saturated rings. The summed E-state index contributed by atoms with van der Waals surface area (Å²) in [4.78, 5) is 36.2. The third-order valence-corrected chi connectivity index (χ3v) is 6.57. The molecule has 3 aromatic rings. The average Bonchev–Trinajstić information content (AvgIpc) is 3.58. The number of carbonyl (C=O) groups is 3. The minimum absolute atomic E-state index is 0.0639. The molecule has 178 valence electrons. The van der Waals surface area contributed by atoms with Crippen LogP contribution in [0, 0.1) is 17.7 Å². The molecule has 5 rings (SSSR count). The Morgan fingerprint density at radius 1 is 0.971 bits per heavy atom. The van der Waals surface area contributed by atoms with Crippen LogP contribution in [0.3, 0.4) is 0 Å². The van der Waals surface area contributed by atoms with Crippen LogP contribution in [0.5, 0.6) is 0 Å². The number of carbonyl (C=O) groups excluding carboxylic acids is 2. The van der Waals surface area contributed by atoms with Crippen molar-refractivity contribution in [3.05, 3.63) is 89.2 Å². The number of anilines is 1. The summed E-state index contributed by atoms with van der Waals surface area (Å²) in [5.41, 5.74) is 4.40. The molecule has 2 aliphatic rings. The number of carboxylic acid groups (broad SMARTS) is 1. The lowest BCUT2D eigenvalue weighted by atomic mass is 9.98. The normalized spacial score (nSPS) is 17.7. The number of amides is 2. The average molecular weight is 474 g/mol. The van der Waals surface area contributed by atoms with Gasteiger partial charge >= 0.3 is 12.1 Å². The quantitative estimate of drug-likeness (QED) is 0.463. The van der Waals surface area contributed by atoms with Crippen molar-refractivity contribution < 1.29 is 28.6 Å². The number of nitrogens with one attached hydrogen (secondary N) is 2. The van der Waals surface area contributed by atoms with Crippen molar-refractivity contribution >= 4 is 23.7 Å². The lowest BCUT2D eigenvalue weighted by Crippen LogP contribution is -2.28. The molecule has 3 aromatic carbocycles. The first-order valence-electron chi connectivity index (χ1n) is 11.3. The van der Waals surface area contributed by atoms with Crippen molar-refractivity contribution in [2.75, 3.05) is 18.5 Å². The highest BCUT2D eigenvalue weighted by atomic mass is 19.1. The van der Waals surface area contributed by atoms with E-state index < -0.39 is 29.7 Å². The van der Waals surface area contributed by atoms with Crippen LogP contribution >= 0.6 is 0 Å². The van der Waals surface area contributed by atoms with E-state index in [0.717, 1.165) is 34.4 Å². The van der Waals surface area contributed by atoms with Gasteiger partial charge < -0.3 is 15.2 Å². The van der Waals surface area contributed by atoms with Crippen LogP contribution in [-0.2, 0) is 9.53 Å². The Bertz CT molecular complexity index is 1280. The van der Waals surface area contributed by atoms with E-state index in [-0.39, 0.29) is 36.2 Å². The molecule has 3 N–H and O–H groups in total. The highest BCUT2D eigenvalue weighted by Gasteiger charge is 2.43. The molecular formula is C27H23FN2O5. The summed E-state index contributed by atoms with van der Waals surface area (Å²) in [5.74, 6) is -2.88. The zero-order valence-electron chi connectivity index (χ0n) is 18.7. The van der Waals surface area contributed by atoms with Gasteiger partial charge in [0.25, 0.3) is 5.91 Å². The minimum atomic E-state index is -0.896. The maximum atomic E-state index is 13.9. The molecule has 2 amide bonds. The molecule has 0 aromatic heterocycles. The lowest BCUT2D eigenvalue weighted by molar-refractivity contribution is -0.138. The molecule has 0 radical (unpaired) electrons. The predicted molar refractivity (Wildman–Crippen MR) is 127 cm³/mol. The summed E-state index contributed by atoms with van der Waals surface area (Å²) >= 11 is 0. The molecule has 0 bridgehead atoms.